The van der Waals surface area contributed by atoms with Crippen LogP contribution in [0.2, 0.25) is 0 Å². The highest BCUT2D eigenvalue weighted by atomic mass is 16.5. The van der Waals surface area contributed by atoms with Gasteiger partial charge in [0.2, 0.25) is 5.95 Å². The van der Waals surface area contributed by atoms with Crippen LogP contribution in [0.3, 0.4) is 0 Å². The maximum Gasteiger partial charge on any atom is 0.256 e. The molecule has 3 rings (SSSR count). The zero-order valence-electron chi connectivity index (χ0n) is 14.4. The van der Waals surface area contributed by atoms with Gasteiger partial charge in [-0.2, -0.15) is 0 Å². The molecular formula is C20H21N3O2. The Kier molecular flexibility index (Phi) is 5.14. The number of hydrogen-bond donors (Lipinski definition) is 2. The predicted molar refractivity (Wildman–Crippen MR) is 99.7 cm³/mol. The van der Waals surface area contributed by atoms with Gasteiger partial charge in [-0.05, 0) is 31.5 Å². The number of benzene rings is 2. The van der Waals surface area contributed by atoms with Gasteiger partial charge in [0.15, 0.2) is 0 Å². The monoisotopic (exact) mass is 335 g/mol. The van der Waals surface area contributed by atoms with Crippen LogP contribution in [0.15, 0.2) is 59.4 Å². The van der Waals surface area contributed by atoms with Gasteiger partial charge >= 0.3 is 0 Å². The standard InChI is InChI=1S/C20H21N3O2/c1-3-25-18-12-8-7-11-17(18)22-20-21-14(2)16(19(24)23-20)13-15-9-5-4-6-10-15/h4-12H,3,13H2,1-2H3,(H2,21,22,23,24). The fourth-order valence-electron chi connectivity index (χ4n) is 2.66. The molecular weight excluding hydrogens is 314 g/mol. The molecule has 0 amide bonds. The molecule has 0 saturated carbocycles. The quantitative estimate of drug-likeness (QED) is 0.719. The van der Waals surface area contributed by atoms with Crippen molar-refractivity contribution in [2.45, 2.75) is 20.3 Å². The molecule has 128 valence electrons. The summed E-state index contributed by atoms with van der Waals surface area (Å²) in [5.74, 6) is 1.13. The zero-order valence-corrected chi connectivity index (χ0v) is 14.4. The molecule has 1 aromatic heterocycles. The largest absolute Gasteiger partial charge is 0.492 e. The second-order valence-corrected chi connectivity index (χ2v) is 5.70. The summed E-state index contributed by atoms with van der Waals surface area (Å²) in [5, 5.41) is 3.14. The molecule has 3 aromatic rings. The van der Waals surface area contributed by atoms with Crippen LogP contribution < -0.4 is 15.6 Å². The minimum absolute atomic E-state index is 0.132. The van der Waals surface area contributed by atoms with Gasteiger partial charge in [0.25, 0.3) is 5.56 Å². The molecule has 0 fully saturated rings. The lowest BCUT2D eigenvalue weighted by Crippen LogP contribution is -2.18. The maximum absolute atomic E-state index is 12.5. The average Bonchev–Trinajstić information content (AvgIpc) is 2.61. The van der Waals surface area contributed by atoms with Crippen molar-refractivity contribution in [3.63, 3.8) is 0 Å². The van der Waals surface area contributed by atoms with Crippen molar-refractivity contribution in [3.8, 4) is 5.75 Å². The highest BCUT2D eigenvalue weighted by Crippen LogP contribution is 2.26. The highest BCUT2D eigenvalue weighted by Gasteiger charge is 2.10. The molecule has 5 heteroatoms. The Labute approximate surface area is 146 Å². The van der Waals surface area contributed by atoms with Gasteiger partial charge in [-0.1, -0.05) is 42.5 Å². The zero-order chi connectivity index (χ0) is 17.6. The first-order valence-corrected chi connectivity index (χ1v) is 8.30. The molecule has 5 nitrogen and oxygen atoms in total. The third kappa shape index (κ3) is 4.07. The number of nitrogens with one attached hydrogen (secondary N) is 2. The second-order valence-electron chi connectivity index (χ2n) is 5.70. The van der Waals surface area contributed by atoms with Crippen LogP contribution in [0.4, 0.5) is 11.6 Å². The average molecular weight is 335 g/mol. The van der Waals surface area contributed by atoms with E-state index in [-0.39, 0.29) is 5.56 Å². The van der Waals surface area contributed by atoms with E-state index in [4.69, 9.17) is 4.74 Å². The number of aromatic amines is 1. The van der Waals surface area contributed by atoms with Crippen molar-refractivity contribution in [2.24, 2.45) is 0 Å². The molecule has 2 aromatic carbocycles. The third-order valence-electron chi connectivity index (χ3n) is 3.89. The van der Waals surface area contributed by atoms with Gasteiger partial charge in [0.05, 0.1) is 18.0 Å². The number of anilines is 2. The summed E-state index contributed by atoms with van der Waals surface area (Å²) < 4.78 is 5.59. The number of aromatic nitrogens is 2. The Morgan fingerprint density at radius 2 is 1.80 bits per heavy atom. The first kappa shape index (κ1) is 16.8. The summed E-state index contributed by atoms with van der Waals surface area (Å²) >= 11 is 0. The lowest BCUT2D eigenvalue weighted by atomic mass is 10.1. The molecule has 25 heavy (non-hydrogen) atoms. The van der Waals surface area contributed by atoms with E-state index >= 15 is 0 Å². The summed E-state index contributed by atoms with van der Waals surface area (Å²) in [4.78, 5) is 19.8. The smallest absolute Gasteiger partial charge is 0.256 e. The molecule has 0 aliphatic carbocycles. The van der Waals surface area contributed by atoms with Crippen LogP contribution in [0.25, 0.3) is 0 Å². The molecule has 0 aliphatic heterocycles. The van der Waals surface area contributed by atoms with E-state index in [1.165, 1.54) is 0 Å². The maximum atomic E-state index is 12.5. The SMILES string of the molecule is CCOc1ccccc1Nc1nc(C)c(Cc2ccccc2)c(=O)[nH]1. The molecule has 2 N–H and O–H groups in total. The van der Waals surface area contributed by atoms with E-state index in [2.05, 4.69) is 15.3 Å². The summed E-state index contributed by atoms with van der Waals surface area (Å²) in [7, 11) is 0. The van der Waals surface area contributed by atoms with Crippen molar-refractivity contribution >= 4 is 11.6 Å². The Morgan fingerprint density at radius 3 is 2.52 bits per heavy atom. The molecule has 0 spiro atoms. The predicted octanol–water partition coefficient (Wildman–Crippen LogP) is 3.81. The molecule has 0 bridgehead atoms. The lowest BCUT2D eigenvalue weighted by Gasteiger charge is -2.12. The number of rotatable bonds is 6. The van der Waals surface area contributed by atoms with Gasteiger partial charge in [0.1, 0.15) is 5.75 Å². The number of hydrogen-bond acceptors (Lipinski definition) is 4. The summed E-state index contributed by atoms with van der Waals surface area (Å²) in [6.45, 7) is 4.35. The molecule has 0 radical (unpaired) electrons. The van der Waals surface area contributed by atoms with Crippen LogP contribution >= 0.6 is 0 Å². The topological polar surface area (TPSA) is 67.0 Å². The fourth-order valence-corrected chi connectivity index (χ4v) is 2.66. The number of aryl methyl sites for hydroxylation is 1. The van der Waals surface area contributed by atoms with Crippen LogP contribution in [0.1, 0.15) is 23.7 Å². The van der Waals surface area contributed by atoms with Gasteiger partial charge in [-0.15, -0.1) is 0 Å². The molecule has 0 unspecified atom stereocenters. The van der Waals surface area contributed by atoms with Crippen LogP contribution in [0.5, 0.6) is 5.75 Å². The van der Waals surface area contributed by atoms with Crippen LogP contribution in [-0.4, -0.2) is 16.6 Å². The normalized spacial score (nSPS) is 10.5. The van der Waals surface area contributed by atoms with Crippen molar-refractivity contribution in [3.05, 3.63) is 81.8 Å². The van der Waals surface area contributed by atoms with Crippen LogP contribution in [0, 0.1) is 6.92 Å². The molecule has 1 heterocycles. The highest BCUT2D eigenvalue weighted by molar-refractivity contribution is 5.62. The third-order valence-corrected chi connectivity index (χ3v) is 3.89. The van der Waals surface area contributed by atoms with Crippen molar-refractivity contribution in [2.75, 3.05) is 11.9 Å². The lowest BCUT2D eigenvalue weighted by molar-refractivity contribution is 0.342. The summed E-state index contributed by atoms with van der Waals surface area (Å²) in [5.41, 5.74) is 3.11. The Hall–Kier alpha value is -3.08. The van der Waals surface area contributed by atoms with Crippen molar-refractivity contribution in [1.29, 1.82) is 0 Å². The minimum atomic E-state index is -0.132. The Morgan fingerprint density at radius 1 is 1.08 bits per heavy atom. The van der Waals surface area contributed by atoms with E-state index in [0.717, 1.165) is 17.0 Å². The first-order valence-electron chi connectivity index (χ1n) is 8.30. The minimum Gasteiger partial charge on any atom is -0.492 e. The van der Waals surface area contributed by atoms with E-state index in [1.807, 2.05) is 68.4 Å². The molecule has 0 aliphatic rings. The van der Waals surface area contributed by atoms with Crippen molar-refractivity contribution < 1.29 is 4.74 Å². The fraction of sp³-hybridized carbons (Fsp3) is 0.200. The molecule has 0 saturated heterocycles. The van der Waals surface area contributed by atoms with Gasteiger partial charge in [-0.3, -0.25) is 9.78 Å². The number of nitrogens with zero attached hydrogens (tertiary/aromatic N) is 1. The van der Waals surface area contributed by atoms with Crippen LogP contribution in [-0.2, 0) is 6.42 Å². The summed E-state index contributed by atoms with van der Waals surface area (Å²) in [6, 6.07) is 17.5. The number of H-pyrrole nitrogens is 1. The van der Waals surface area contributed by atoms with Crippen molar-refractivity contribution in [1.82, 2.24) is 9.97 Å². The Bertz CT molecular complexity index is 904. The molecule has 0 atom stereocenters. The summed E-state index contributed by atoms with van der Waals surface area (Å²) in [6.07, 6.45) is 0.560. The van der Waals surface area contributed by atoms with E-state index < -0.39 is 0 Å². The van der Waals surface area contributed by atoms with E-state index in [0.29, 0.717) is 30.2 Å². The van der Waals surface area contributed by atoms with Gasteiger partial charge < -0.3 is 10.1 Å². The van der Waals surface area contributed by atoms with E-state index in [1.54, 1.807) is 0 Å². The second kappa shape index (κ2) is 7.66. The first-order chi connectivity index (χ1) is 12.2. The number of para-hydroxylation sites is 2. The van der Waals surface area contributed by atoms with E-state index in [9.17, 15) is 4.79 Å². The van der Waals surface area contributed by atoms with Gasteiger partial charge in [-0.25, -0.2) is 4.98 Å². The number of ether oxygens (including phenoxy) is 1. The Balaban J connectivity index is 1.87. The van der Waals surface area contributed by atoms with Gasteiger partial charge in [0, 0.05) is 12.0 Å².